The monoisotopic (exact) mass is 350 g/mol. The summed E-state index contributed by atoms with van der Waals surface area (Å²) in [4.78, 5) is 37.5. The van der Waals surface area contributed by atoms with Crippen molar-refractivity contribution in [1.29, 1.82) is 0 Å². The first-order valence-electron chi connectivity index (χ1n) is 9.23. The van der Waals surface area contributed by atoms with Crippen molar-refractivity contribution in [1.82, 2.24) is 0 Å². The Kier molecular flexibility index (Phi) is 3.29. The van der Waals surface area contributed by atoms with Gasteiger partial charge in [-0.05, 0) is 19.3 Å². The van der Waals surface area contributed by atoms with E-state index in [-0.39, 0.29) is 54.2 Å². The maximum Gasteiger partial charge on any atom is 0.309 e. The molecule has 138 valence electrons. The van der Waals surface area contributed by atoms with Crippen molar-refractivity contribution in [2.45, 2.75) is 76.8 Å². The van der Waals surface area contributed by atoms with E-state index >= 15 is 0 Å². The Morgan fingerprint density at radius 1 is 1.20 bits per heavy atom. The highest BCUT2D eigenvalue weighted by Crippen LogP contribution is 2.69. The lowest BCUT2D eigenvalue weighted by Crippen LogP contribution is -2.72. The molecule has 2 spiro atoms. The van der Waals surface area contributed by atoms with E-state index in [0.29, 0.717) is 6.42 Å². The molecule has 0 aromatic heterocycles. The molecule has 0 amide bonds. The molecule has 0 aromatic rings. The third kappa shape index (κ3) is 1.86. The van der Waals surface area contributed by atoms with Crippen LogP contribution in [0, 0.1) is 23.7 Å². The molecule has 1 aliphatic carbocycles. The molecule has 0 aromatic carbocycles. The lowest BCUT2D eigenvalue weighted by Gasteiger charge is -2.60. The Morgan fingerprint density at radius 2 is 1.88 bits per heavy atom. The molecule has 4 aliphatic rings. The zero-order chi connectivity index (χ0) is 18.4. The fourth-order valence-electron chi connectivity index (χ4n) is 5.64. The number of ketones is 1. The van der Waals surface area contributed by atoms with Crippen molar-refractivity contribution >= 4 is 17.7 Å². The van der Waals surface area contributed by atoms with Gasteiger partial charge in [0.05, 0.1) is 17.8 Å². The zero-order valence-electron chi connectivity index (χ0n) is 15.5. The van der Waals surface area contributed by atoms with Crippen LogP contribution in [0.15, 0.2) is 0 Å². The van der Waals surface area contributed by atoms with Crippen molar-refractivity contribution in [2.24, 2.45) is 23.7 Å². The molecular formula is C19H26O6. The molecule has 4 rings (SSSR count). The summed E-state index contributed by atoms with van der Waals surface area (Å²) in [6, 6.07) is 0. The number of hydrogen-bond acceptors (Lipinski definition) is 6. The van der Waals surface area contributed by atoms with Gasteiger partial charge in [0.15, 0.2) is 5.78 Å². The van der Waals surface area contributed by atoms with Crippen molar-refractivity contribution in [3.63, 3.8) is 0 Å². The van der Waals surface area contributed by atoms with Crippen LogP contribution >= 0.6 is 0 Å². The number of fused-ring (bicyclic) bond motifs is 1. The molecule has 6 nitrogen and oxygen atoms in total. The molecule has 25 heavy (non-hydrogen) atoms. The number of carbonyl (C=O) groups excluding carboxylic acids is 3. The minimum absolute atomic E-state index is 0.0121. The molecule has 4 fully saturated rings. The normalized spacial score (nSPS) is 50.6. The number of hydrogen-bond donors (Lipinski definition) is 0. The SMILES string of the molecule is CC(C)C(=O)O[C@H]1C[C@]2(C)O[C@]3(CC2=O)[C@@H](C)C[C@@]32OC(=O)[C@@H](C)[C@@H]12. The van der Waals surface area contributed by atoms with Gasteiger partial charge in [-0.2, -0.15) is 0 Å². The van der Waals surface area contributed by atoms with Gasteiger partial charge in [-0.1, -0.05) is 27.7 Å². The van der Waals surface area contributed by atoms with E-state index in [0.717, 1.165) is 0 Å². The number of rotatable bonds is 2. The second-order valence-corrected chi connectivity index (χ2v) is 8.89. The first-order valence-corrected chi connectivity index (χ1v) is 9.23. The highest BCUT2D eigenvalue weighted by atomic mass is 16.6. The predicted molar refractivity (Wildman–Crippen MR) is 86.4 cm³/mol. The lowest BCUT2D eigenvalue weighted by atomic mass is 9.50. The fraction of sp³-hybridized carbons (Fsp3) is 0.842. The van der Waals surface area contributed by atoms with Gasteiger partial charge in [-0.15, -0.1) is 0 Å². The van der Waals surface area contributed by atoms with E-state index in [4.69, 9.17) is 14.2 Å². The van der Waals surface area contributed by atoms with E-state index in [1.165, 1.54) is 0 Å². The summed E-state index contributed by atoms with van der Waals surface area (Å²) in [7, 11) is 0. The smallest absolute Gasteiger partial charge is 0.309 e. The van der Waals surface area contributed by atoms with Crippen LogP contribution in [-0.2, 0) is 28.6 Å². The summed E-state index contributed by atoms with van der Waals surface area (Å²) in [6.07, 6.45) is 0.644. The summed E-state index contributed by atoms with van der Waals surface area (Å²) in [5.74, 6) is -1.39. The van der Waals surface area contributed by atoms with E-state index in [1.54, 1.807) is 20.8 Å². The number of carbonyl (C=O) groups is 3. The molecular weight excluding hydrogens is 324 g/mol. The van der Waals surface area contributed by atoms with Crippen molar-refractivity contribution in [3.8, 4) is 0 Å². The van der Waals surface area contributed by atoms with Gasteiger partial charge in [0, 0.05) is 12.8 Å². The minimum Gasteiger partial charge on any atom is -0.462 e. The van der Waals surface area contributed by atoms with E-state index in [2.05, 4.69) is 0 Å². The summed E-state index contributed by atoms with van der Waals surface area (Å²) in [6.45, 7) is 9.21. The maximum absolute atomic E-state index is 12.8. The van der Waals surface area contributed by atoms with Gasteiger partial charge in [-0.25, -0.2) is 0 Å². The van der Waals surface area contributed by atoms with Crippen LogP contribution in [0.3, 0.4) is 0 Å². The Labute approximate surface area is 147 Å². The Morgan fingerprint density at radius 3 is 2.48 bits per heavy atom. The Balaban J connectivity index is 1.81. The molecule has 7 atom stereocenters. The van der Waals surface area contributed by atoms with Gasteiger partial charge in [0.1, 0.15) is 22.9 Å². The standard InChI is InChI=1S/C19H26O6/c1-9(2)15(21)23-12-7-17(5)13(20)8-18(25-17)10(3)6-19(18)14(12)11(4)16(22)24-19/h9-12,14H,6-8H2,1-5H3/t10-,11-,12-,14-,17-,18+,19-/m0/s1. The van der Waals surface area contributed by atoms with Crippen LogP contribution in [0.1, 0.15) is 53.9 Å². The van der Waals surface area contributed by atoms with Gasteiger partial charge in [0.2, 0.25) is 0 Å². The van der Waals surface area contributed by atoms with Crippen LogP contribution < -0.4 is 0 Å². The minimum atomic E-state index is -0.986. The molecule has 1 saturated carbocycles. The van der Waals surface area contributed by atoms with Crippen LogP contribution in [-0.4, -0.2) is 40.6 Å². The van der Waals surface area contributed by atoms with Gasteiger partial charge in [0.25, 0.3) is 0 Å². The van der Waals surface area contributed by atoms with Crippen molar-refractivity contribution in [2.75, 3.05) is 0 Å². The summed E-state index contributed by atoms with van der Waals surface area (Å²) in [5.41, 5.74) is -2.61. The largest absolute Gasteiger partial charge is 0.462 e. The Bertz CT molecular complexity index is 671. The third-order valence-corrected chi connectivity index (χ3v) is 7.00. The first kappa shape index (κ1) is 17.0. The molecule has 2 bridgehead atoms. The average Bonchev–Trinajstić information content (AvgIpc) is 2.92. The van der Waals surface area contributed by atoms with Crippen LogP contribution in [0.5, 0.6) is 0 Å². The summed E-state index contributed by atoms with van der Waals surface area (Å²) >= 11 is 0. The molecule has 3 aliphatic heterocycles. The molecule has 3 heterocycles. The summed E-state index contributed by atoms with van der Waals surface area (Å²) < 4.78 is 18.1. The summed E-state index contributed by atoms with van der Waals surface area (Å²) in [5, 5.41) is 0. The molecule has 3 saturated heterocycles. The van der Waals surface area contributed by atoms with Gasteiger partial charge < -0.3 is 14.2 Å². The van der Waals surface area contributed by atoms with E-state index in [9.17, 15) is 14.4 Å². The first-order chi connectivity index (χ1) is 11.6. The molecule has 0 radical (unpaired) electrons. The molecule has 6 heteroatoms. The highest BCUT2D eigenvalue weighted by Gasteiger charge is 2.82. The zero-order valence-corrected chi connectivity index (χ0v) is 15.5. The second-order valence-electron chi connectivity index (χ2n) is 8.89. The third-order valence-electron chi connectivity index (χ3n) is 7.00. The van der Waals surface area contributed by atoms with E-state index in [1.807, 2.05) is 13.8 Å². The van der Waals surface area contributed by atoms with Gasteiger partial charge in [-0.3, -0.25) is 14.4 Å². The quantitative estimate of drug-likeness (QED) is 0.709. The lowest BCUT2D eigenvalue weighted by molar-refractivity contribution is -0.287. The van der Waals surface area contributed by atoms with Crippen LogP contribution in [0.25, 0.3) is 0 Å². The van der Waals surface area contributed by atoms with Crippen LogP contribution in [0.2, 0.25) is 0 Å². The highest BCUT2D eigenvalue weighted by molar-refractivity contribution is 5.91. The van der Waals surface area contributed by atoms with Gasteiger partial charge >= 0.3 is 11.9 Å². The molecule has 0 N–H and O–H groups in total. The predicted octanol–water partition coefficient (Wildman–Crippen LogP) is 2.03. The Hall–Kier alpha value is -1.43. The topological polar surface area (TPSA) is 78.9 Å². The van der Waals surface area contributed by atoms with Crippen molar-refractivity contribution < 1.29 is 28.6 Å². The number of Topliss-reactive ketones (excluding diaryl/α,β-unsaturated/α-hetero) is 1. The van der Waals surface area contributed by atoms with Crippen LogP contribution in [0.4, 0.5) is 0 Å². The maximum atomic E-state index is 12.8. The average molecular weight is 350 g/mol. The second kappa shape index (κ2) is 4.84. The number of ether oxygens (including phenoxy) is 3. The molecule has 0 unspecified atom stereocenters. The van der Waals surface area contributed by atoms with Crippen molar-refractivity contribution in [3.05, 3.63) is 0 Å². The number of esters is 2. The van der Waals surface area contributed by atoms with E-state index < -0.39 is 22.9 Å². The fourth-order valence-corrected chi connectivity index (χ4v) is 5.64.